The fourth-order valence-electron chi connectivity index (χ4n) is 2.65. The zero-order valence-corrected chi connectivity index (χ0v) is 15.5. The van der Waals surface area contributed by atoms with Gasteiger partial charge in [0.15, 0.2) is 4.96 Å². The van der Waals surface area contributed by atoms with E-state index < -0.39 is 0 Å². The van der Waals surface area contributed by atoms with Crippen molar-refractivity contribution in [2.75, 3.05) is 5.32 Å². The Bertz CT molecular complexity index is 1230. The van der Waals surface area contributed by atoms with Crippen molar-refractivity contribution in [2.45, 2.75) is 6.92 Å². The van der Waals surface area contributed by atoms with E-state index in [2.05, 4.69) is 26.2 Å². The number of amides is 1. The van der Waals surface area contributed by atoms with Crippen molar-refractivity contribution in [3.8, 4) is 0 Å². The quantitative estimate of drug-likeness (QED) is 0.548. The molecule has 0 fully saturated rings. The molecule has 0 aliphatic carbocycles. The summed E-state index contributed by atoms with van der Waals surface area (Å²) in [4.78, 5) is 29.2. The van der Waals surface area contributed by atoms with E-state index in [9.17, 15) is 9.59 Å². The Hall–Kier alpha value is -2.51. The van der Waals surface area contributed by atoms with Gasteiger partial charge < -0.3 is 5.32 Å². The molecule has 4 rings (SSSR count). The van der Waals surface area contributed by atoms with Gasteiger partial charge in [-0.2, -0.15) is 0 Å². The number of nitrogens with one attached hydrogen (secondary N) is 1. The maximum atomic E-state index is 12.8. The fourth-order valence-corrected chi connectivity index (χ4v) is 3.90. The van der Waals surface area contributed by atoms with Gasteiger partial charge in [0, 0.05) is 17.1 Å². The molecule has 0 atom stereocenters. The van der Waals surface area contributed by atoms with Gasteiger partial charge in [-0.15, -0.1) is 0 Å². The molecule has 25 heavy (non-hydrogen) atoms. The molecule has 0 aliphatic heterocycles. The number of fused-ring (bicyclic) bond motifs is 3. The predicted octanol–water partition coefficient (Wildman–Crippen LogP) is 3.18. The maximum absolute atomic E-state index is 12.8. The smallest absolute Gasteiger partial charge is 0.274 e. The summed E-state index contributed by atoms with van der Waals surface area (Å²) in [6, 6.07) is 13.1. The van der Waals surface area contributed by atoms with Crippen LogP contribution in [0.3, 0.4) is 0 Å². The Morgan fingerprint density at radius 1 is 1.24 bits per heavy atom. The van der Waals surface area contributed by atoms with Gasteiger partial charge in [0.05, 0.1) is 15.6 Å². The highest BCUT2D eigenvalue weighted by Crippen LogP contribution is 2.20. The molecule has 4 aromatic rings. The Morgan fingerprint density at radius 3 is 2.72 bits per heavy atom. The van der Waals surface area contributed by atoms with E-state index in [1.807, 2.05) is 30.3 Å². The van der Waals surface area contributed by atoms with E-state index in [4.69, 9.17) is 0 Å². The summed E-state index contributed by atoms with van der Waals surface area (Å²) >= 11 is 4.75. The van der Waals surface area contributed by atoms with Crippen LogP contribution in [0.25, 0.3) is 22.1 Å². The number of aromatic nitrogens is 2. The second-order valence-electron chi connectivity index (χ2n) is 5.58. The lowest BCUT2D eigenvalue weighted by atomic mass is 10.2. The van der Waals surface area contributed by atoms with Crippen LogP contribution in [0.2, 0.25) is 0 Å². The van der Waals surface area contributed by atoms with Crippen LogP contribution in [0.1, 0.15) is 12.5 Å². The number of halogens is 1. The monoisotopic (exact) mass is 413 g/mol. The Labute approximate surface area is 154 Å². The van der Waals surface area contributed by atoms with Gasteiger partial charge in [-0.25, -0.2) is 9.38 Å². The third-order valence-corrected chi connectivity index (χ3v) is 5.22. The number of hydrogen-bond donors (Lipinski definition) is 1. The summed E-state index contributed by atoms with van der Waals surface area (Å²) in [6.07, 6.45) is 1.86. The molecule has 124 valence electrons. The number of carbonyl (C=O) groups is 1. The Balaban J connectivity index is 1.91. The van der Waals surface area contributed by atoms with Crippen molar-refractivity contribution < 1.29 is 4.79 Å². The first kappa shape index (κ1) is 16.0. The zero-order valence-electron chi connectivity index (χ0n) is 13.1. The molecule has 5 nitrogen and oxygen atoms in total. The summed E-state index contributed by atoms with van der Waals surface area (Å²) in [5.41, 5.74) is 2.91. The van der Waals surface area contributed by atoms with Gasteiger partial charge in [0.2, 0.25) is 5.91 Å². The second-order valence-corrected chi connectivity index (χ2v) is 7.51. The minimum atomic E-state index is -0.156. The highest BCUT2D eigenvalue weighted by molar-refractivity contribution is 9.10. The highest BCUT2D eigenvalue weighted by Gasteiger charge is 2.12. The van der Waals surface area contributed by atoms with Gasteiger partial charge in [-0.3, -0.25) is 9.59 Å². The maximum Gasteiger partial charge on any atom is 0.274 e. The van der Waals surface area contributed by atoms with Crippen LogP contribution < -0.4 is 15.4 Å². The largest absolute Gasteiger partial charge is 0.326 e. The molecule has 0 bridgehead atoms. The molecule has 2 heterocycles. The standard InChI is InChI=1S/C18H12BrN3O2S/c1-10(23)20-13-6-7-14-15(9-13)22-17(24)16(25-18(22)21-14)8-11-2-4-12(19)5-3-11/h2-9H,1H3,(H,20,23)/b16-8-. The Morgan fingerprint density at radius 2 is 2.00 bits per heavy atom. The van der Waals surface area contributed by atoms with Gasteiger partial charge in [0.25, 0.3) is 5.56 Å². The lowest BCUT2D eigenvalue weighted by molar-refractivity contribution is -0.114. The number of carbonyl (C=O) groups excluding carboxylic acids is 1. The first-order valence-electron chi connectivity index (χ1n) is 7.51. The molecule has 0 radical (unpaired) electrons. The van der Waals surface area contributed by atoms with Crippen molar-refractivity contribution in [1.82, 2.24) is 9.38 Å². The van der Waals surface area contributed by atoms with E-state index in [0.717, 1.165) is 15.6 Å². The van der Waals surface area contributed by atoms with Gasteiger partial charge in [-0.1, -0.05) is 39.4 Å². The minimum Gasteiger partial charge on any atom is -0.326 e. The first-order chi connectivity index (χ1) is 12.0. The van der Waals surface area contributed by atoms with Crippen molar-refractivity contribution >= 4 is 60.9 Å². The number of nitrogens with zero attached hydrogens (tertiary/aromatic N) is 2. The molecule has 2 aromatic carbocycles. The molecule has 0 aliphatic rings. The number of rotatable bonds is 2. The predicted molar refractivity (Wildman–Crippen MR) is 104 cm³/mol. The van der Waals surface area contributed by atoms with Crippen LogP contribution in [-0.4, -0.2) is 15.3 Å². The SMILES string of the molecule is CC(=O)Nc1ccc2nc3s/c(=C\c4ccc(Br)cc4)c(=O)n3c2c1. The molecule has 0 saturated carbocycles. The third kappa shape index (κ3) is 2.96. The normalized spacial score (nSPS) is 12.2. The average Bonchev–Trinajstić information content (AvgIpc) is 3.06. The molecular formula is C18H12BrN3O2S. The van der Waals surface area contributed by atoms with Gasteiger partial charge >= 0.3 is 0 Å². The second kappa shape index (κ2) is 6.09. The van der Waals surface area contributed by atoms with Crippen LogP contribution in [0.4, 0.5) is 5.69 Å². The highest BCUT2D eigenvalue weighted by atomic mass is 79.9. The Kier molecular flexibility index (Phi) is 3.89. The summed E-state index contributed by atoms with van der Waals surface area (Å²) in [6.45, 7) is 1.45. The molecule has 1 amide bonds. The van der Waals surface area contributed by atoms with Crippen LogP contribution in [0.5, 0.6) is 0 Å². The van der Waals surface area contributed by atoms with Crippen molar-refractivity contribution in [1.29, 1.82) is 0 Å². The number of imidazole rings is 1. The lowest BCUT2D eigenvalue weighted by Gasteiger charge is -2.00. The van der Waals surface area contributed by atoms with Crippen molar-refractivity contribution in [3.05, 3.63) is 67.4 Å². The molecular weight excluding hydrogens is 402 g/mol. The van der Waals surface area contributed by atoms with Crippen LogP contribution in [0.15, 0.2) is 51.7 Å². The number of anilines is 1. The number of hydrogen-bond acceptors (Lipinski definition) is 4. The third-order valence-electron chi connectivity index (χ3n) is 3.73. The minimum absolute atomic E-state index is 0.106. The van der Waals surface area contributed by atoms with E-state index in [-0.39, 0.29) is 11.5 Å². The van der Waals surface area contributed by atoms with Gasteiger partial charge in [0.1, 0.15) is 0 Å². The molecule has 7 heteroatoms. The fraction of sp³-hybridized carbons (Fsp3) is 0.0556. The number of benzene rings is 2. The zero-order chi connectivity index (χ0) is 17.6. The molecule has 1 N–H and O–H groups in total. The topological polar surface area (TPSA) is 63.5 Å². The van der Waals surface area contributed by atoms with Crippen molar-refractivity contribution in [2.24, 2.45) is 0 Å². The molecule has 0 saturated heterocycles. The van der Waals surface area contributed by atoms with Crippen LogP contribution >= 0.6 is 27.3 Å². The van der Waals surface area contributed by atoms with E-state index in [1.165, 1.54) is 18.3 Å². The van der Waals surface area contributed by atoms with E-state index >= 15 is 0 Å². The molecule has 0 spiro atoms. The lowest BCUT2D eigenvalue weighted by Crippen LogP contribution is -2.22. The summed E-state index contributed by atoms with van der Waals surface area (Å²) < 4.78 is 3.21. The molecule has 2 aromatic heterocycles. The van der Waals surface area contributed by atoms with Crippen LogP contribution in [-0.2, 0) is 4.79 Å². The molecule has 0 unspecified atom stereocenters. The summed E-state index contributed by atoms with van der Waals surface area (Å²) in [5.74, 6) is -0.156. The number of thiazole rings is 1. The van der Waals surface area contributed by atoms with E-state index in [1.54, 1.807) is 22.6 Å². The summed E-state index contributed by atoms with van der Waals surface area (Å²) in [7, 11) is 0. The summed E-state index contributed by atoms with van der Waals surface area (Å²) in [5, 5.41) is 2.73. The van der Waals surface area contributed by atoms with E-state index in [0.29, 0.717) is 20.7 Å². The van der Waals surface area contributed by atoms with Crippen LogP contribution in [0, 0.1) is 0 Å². The van der Waals surface area contributed by atoms with Gasteiger partial charge in [-0.05, 0) is 42.0 Å². The first-order valence-corrected chi connectivity index (χ1v) is 9.12. The van der Waals surface area contributed by atoms with Crippen molar-refractivity contribution in [3.63, 3.8) is 0 Å². The average molecular weight is 414 g/mol.